The molecule has 3 rings (SSSR count). The van der Waals surface area contributed by atoms with E-state index in [2.05, 4.69) is 0 Å². The van der Waals surface area contributed by atoms with Crippen LogP contribution in [-0.2, 0) is 24.3 Å². The Bertz CT molecular complexity index is 1190. The highest BCUT2D eigenvalue weighted by molar-refractivity contribution is 7.90. The maximum Gasteiger partial charge on any atom is 0.422 e. The van der Waals surface area contributed by atoms with Crippen molar-refractivity contribution in [1.82, 2.24) is 4.72 Å². The Balaban J connectivity index is 2.04. The number of carbonyl (C=O) groups excluding carboxylic acids is 2. The van der Waals surface area contributed by atoms with E-state index in [0.29, 0.717) is 18.8 Å². The molecule has 1 heterocycles. The van der Waals surface area contributed by atoms with E-state index in [0.717, 1.165) is 18.9 Å². The van der Waals surface area contributed by atoms with Gasteiger partial charge in [-0.15, -0.1) is 0 Å². The largest absolute Gasteiger partial charge is 0.478 e. The smallest absolute Gasteiger partial charge is 0.422 e. The molecule has 0 radical (unpaired) electrons. The van der Waals surface area contributed by atoms with Gasteiger partial charge in [0.1, 0.15) is 10.6 Å². The summed E-state index contributed by atoms with van der Waals surface area (Å²) in [6, 6.07) is 10.6. The van der Waals surface area contributed by atoms with Crippen molar-refractivity contribution >= 4 is 33.7 Å². The first-order valence-corrected chi connectivity index (χ1v) is 12.4. The van der Waals surface area contributed by atoms with Crippen LogP contribution in [0, 0.1) is 0 Å². The fourth-order valence-electron chi connectivity index (χ4n) is 3.47. The summed E-state index contributed by atoms with van der Waals surface area (Å²) in [5.74, 6) is -2.03. The number of nitrogens with zero attached hydrogens (tertiary/aromatic N) is 1. The van der Waals surface area contributed by atoms with Crippen molar-refractivity contribution in [2.75, 3.05) is 24.6 Å². The van der Waals surface area contributed by atoms with E-state index in [4.69, 9.17) is 14.2 Å². The fraction of sp³-hybridized carbons (Fsp3) is 0.348. The highest BCUT2D eigenvalue weighted by Gasteiger charge is 2.31. The number of aromatic carboxylic acids is 1. The molecule has 35 heavy (non-hydrogen) atoms. The van der Waals surface area contributed by atoms with E-state index in [1.165, 1.54) is 13.0 Å². The molecule has 11 nitrogen and oxygen atoms in total. The highest BCUT2D eigenvalue weighted by Crippen LogP contribution is 2.40. The molecule has 2 aromatic carbocycles. The number of esters is 1. The summed E-state index contributed by atoms with van der Waals surface area (Å²) in [6.07, 6.45) is -1.13. The van der Waals surface area contributed by atoms with Gasteiger partial charge in [0.05, 0.1) is 17.9 Å². The molecule has 0 aliphatic carbocycles. The number of carboxylic acid groups (broad SMARTS) is 1. The van der Waals surface area contributed by atoms with Gasteiger partial charge in [-0.3, -0.25) is 0 Å². The molecular weight excluding hydrogens is 480 g/mol. The van der Waals surface area contributed by atoms with Crippen LogP contribution in [0.4, 0.5) is 10.5 Å². The number of carbonyl (C=O) groups is 3. The van der Waals surface area contributed by atoms with Gasteiger partial charge >= 0.3 is 18.0 Å². The van der Waals surface area contributed by atoms with Gasteiger partial charge in [-0.05, 0) is 51.0 Å². The minimum Gasteiger partial charge on any atom is -0.478 e. The molecule has 1 aliphatic rings. The second-order valence-corrected chi connectivity index (χ2v) is 9.29. The van der Waals surface area contributed by atoms with Crippen molar-refractivity contribution in [1.29, 1.82) is 0 Å². The van der Waals surface area contributed by atoms with Gasteiger partial charge in [-0.2, -0.15) is 0 Å². The molecule has 188 valence electrons. The molecule has 2 N–H and O–H groups in total. The van der Waals surface area contributed by atoms with Crippen LogP contribution in [0.1, 0.15) is 37.0 Å². The summed E-state index contributed by atoms with van der Waals surface area (Å²) in [5, 5.41) is 9.62. The number of anilines is 1. The van der Waals surface area contributed by atoms with Gasteiger partial charge in [0, 0.05) is 13.1 Å². The van der Waals surface area contributed by atoms with Crippen molar-refractivity contribution in [3.05, 3.63) is 48.0 Å². The summed E-state index contributed by atoms with van der Waals surface area (Å²) in [4.78, 5) is 37.1. The fourth-order valence-corrected chi connectivity index (χ4v) is 4.52. The zero-order chi connectivity index (χ0) is 25.6. The van der Waals surface area contributed by atoms with Gasteiger partial charge in [0.25, 0.3) is 10.0 Å². The Kier molecular flexibility index (Phi) is 8.18. The number of carboxylic acids is 1. The number of rotatable bonds is 9. The lowest BCUT2D eigenvalue weighted by atomic mass is 10.1. The predicted molar refractivity (Wildman–Crippen MR) is 124 cm³/mol. The molecule has 1 unspecified atom stereocenters. The summed E-state index contributed by atoms with van der Waals surface area (Å²) in [5.41, 5.74) is -0.0409. The van der Waals surface area contributed by atoms with Gasteiger partial charge in [-0.1, -0.05) is 18.2 Å². The number of amides is 1. The third-order valence-corrected chi connectivity index (χ3v) is 6.42. The number of nitrogens with one attached hydrogen (secondary N) is 1. The van der Waals surface area contributed by atoms with Gasteiger partial charge in [0.15, 0.2) is 11.9 Å². The van der Waals surface area contributed by atoms with E-state index in [1.54, 1.807) is 42.0 Å². The lowest BCUT2D eigenvalue weighted by Gasteiger charge is -2.24. The molecular formula is C23H26N2O9S. The van der Waals surface area contributed by atoms with Crippen LogP contribution in [-0.4, -0.2) is 57.4 Å². The zero-order valence-electron chi connectivity index (χ0n) is 19.2. The second-order valence-electron chi connectivity index (χ2n) is 7.64. The Morgan fingerprint density at radius 3 is 2.37 bits per heavy atom. The highest BCUT2D eigenvalue weighted by atomic mass is 32.2. The maximum absolute atomic E-state index is 13.3. The van der Waals surface area contributed by atoms with Crippen LogP contribution >= 0.6 is 0 Å². The lowest BCUT2D eigenvalue weighted by Crippen LogP contribution is -2.36. The van der Waals surface area contributed by atoms with Gasteiger partial charge in [-0.25, -0.2) is 27.5 Å². The van der Waals surface area contributed by atoms with Crippen LogP contribution in [0.25, 0.3) is 0 Å². The number of benzene rings is 2. The predicted octanol–water partition coefficient (Wildman–Crippen LogP) is 3.14. The Morgan fingerprint density at radius 2 is 1.77 bits per heavy atom. The molecule has 0 spiro atoms. The summed E-state index contributed by atoms with van der Waals surface area (Å²) < 4.78 is 43.7. The van der Waals surface area contributed by atoms with Crippen LogP contribution in [0.15, 0.2) is 47.4 Å². The zero-order valence-corrected chi connectivity index (χ0v) is 20.0. The van der Waals surface area contributed by atoms with Crippen molar-refractivity contribution in [2.24, 2.45) is 0 Å². The number of hydrogen-bond acceptors (Lipinski definition) is 9. The number of sulfonamides is 1. The van der Waals surface area contributed by atoms with Crippen molar-refractivity contribution in [3.8, 4) is 11.5 Å². The molecule has 0 aromatic heterocycles. The number of ether oxygens (including phenoxy) is 3. The van der Waals surface area contributed by atoms with Gasteiger partial charge < -0.3 is 24.2 Å². The van der Waals surface area contributed by atoms with E-state index in [9.17, 15) is 27.9 Å². The minimum atomic E-state index is -4.69. The van der Waals surface area contributed by atoms with Crippen molar-refractivity contribution < 1.29 is 42.1 Å². The van der Waals surface area contributed by atoms with E-state index < -0.39 is 39.1 Å². The molecule has 2 aromatic rings. The maximum atomic E-state index is 13.3. The molecule has 0 bridgehead atoms. The molecule has 0 saturated carbocycles. The molecule has 1 fully saturated rings. The molecule has 1 atom stereocenters. The first-order chi connectivity index (χ1) is 16.6. The number of para-hydroxylation sites is 1. The Hall–Kier alpha value is -3.80. The molecule has 1 amide bonds. The number of hydrogen-bond donors (Lipinski definition) is 2. The molecule has 1 saturated heterocycles. The minimum absolute atomic E-state index is 0.0495. The van der Waals surface area contributed by atoms with E-state index >= 15 is 0 Å². The third kappa shape index (κ3) is 6.41. The van der Waals surface area contributed by atoms with E-state index in [1.807, 2.05) is 4.90 Å². The van der Waals surface area contributed by atoms with Crippen LogP contribution in [0.2, 0.25) is 0 Å². The first-order valence-electron chi connectivity index (χ1n) is 10.9. The second kappa shape index (κ2) is 11.1. The van der Waals surface area contributed by atoms with Crippen molar-refractivity contribution in [2.45, 2.75) is 37.7 Å². The SMILES string of the molecule is CCOC(=O)C(C)OC(=O)NS(=O)(=O)c1cc(C(=O)O)cc(N2CCCC2)c1Oc1ccccc1. The summed E-state index contributed by atoms with van der Waals surface area (Å²) in [6.45, 7) is 3.98. The topological polar surface area (TPSA) is 149 Å². The summed E-state index contributed by atoms with van der Waals surface area (Å²) in [7, 11) is -4.69. The van der Waals surface area contributed by atoms with Crippen LogP contribution in [0.5, 0.6) is 11.5 Å². The summed E-state index contributed by atoms with van der Waals surface area (Å²) >= 11 is 0. The Labute approximate surface area is 202 Å². The van der Waals surface area contributed by atoms with E-state index in [-0.39, 0.29) is 23.6 Å². The molecule has 12 heteroatoms. The normalized spacial score (nSPS) is 14.2. The first kappa shape index (κ1) is 25.8. The standard InChI is InChI=1S/C23H26N2O9S/c1-3-32-22(28)15(2)33-23(29)24-35(30,31)19-14-16(21(26)27)13-18(25-11-7-8-12-25)20(19)34-17-9-5-4-6-10-17/h4-6,9-10,13-15H,3,7-8,11-12H2,1-2H3,(H,24,29)(H,26,27). The van der Waals surface area contributed by atoms with Crippen molar-refractivity contribution in [3.63, 3.8) is 0 Å². The lowest BCUT2D eigenvalue weighted by molar-refractivity contribution is -0.152. The van der Waals surface area contributed by atoms with Gasteiger partial charge in [0.2, 0.25) is 0 Å². The average molecular weight is 507 g/mol. The van der Waals surface area contributed by atoms with Crippen LogP contribution in [0.3, 0.4) is 0 Å². The molecule has 1 aliphatic heterocycles. The Morgan fingerprint density at radius 1 is 1.11 bits per heavy atom. The van der Waals surface area contributed by atoms with Crippen LogP contribution < -0.4 is 14.4 Å². The third-order valence-electron chi connectivity index (χ3n) is 5.10. The average Bonchev–Trinajstić information content (AvgIpc) is 3.34. The quantitative estimate of drug-likeness (QED) is 0.486. The monoisotopic (exact) mass is 506 g/mol.